The largest absolute Gasteiger partial charge is 0.416 e. The second-order valence-electron chi connectivity index (χ2n) is 2.00. The highest BCUT2D eigenvalue weighted by molar-refractivity contribution is 9.11. The van der Waals surface area contributed by atoms with Gasteiger partial charge in [-0.3, -0.25) is 0 Å². The second-order valence-corrected chi connectivity index (χ2v) is 3.62. The minimum absolute atomic E-state index is 0.157. The van der Waals surface area contributed by atoms with Crippen LogP contribution in [0.5, 0.6) is 0 Å². The number of alkyl halides is 3. The van der Waals surface area contributed by atoms with Gasteiger partial charge in [-0.15, -0.1) is 0 Å². The van der Waals surface area contributed by atoms with E-state index in [-0.39, 0.29) is 9.21 Å². The first kappa shape index (κ1) is 9.98. The predicted molar refractivity (Wildman–Crippen MR) is 44.6 cm³/mol. The number of hydrogen-bond acceptors (Lipinski definition) is 1. The standard InChI is InChI=1S/C6H2Br2F3N/c7-4-1-3(6(9,10)11)2-5(8)12-4/h1-2H. The molecule has 0 saturated carbocycles. The summed E-state index contributed by atoms with van der Waals surface area (Å²) >= 11 is 5.73. The Kier molecular flexibility index (Phi) is 2.77. The van der Waals surface area contributed by atoms with E-state index >= 15 is 0 Å². The van der Waals surface area contributed by atoms with Crippen molar-refractivity contribution in [2.75, 3.05) is 0 Å². The first-order chi connectivity index (χ1) is 5.39. The topological polar surface area (TPSA) is 12.9 Å². The Hall–Kier alpha value is -0.100. The second kappa shape index (κ2) is 3.33. The first-order valence-electron chi connectivity index (χ1n) is 2.80. The fourth-order valence-electron chi connectivity index (χ4n) is 0.629. The summed E-state index contributed by atoms with van der Waals surface area (Å²) in [6.07, 6.45) is -4.33. The van der Waals surface area contributed by atoms with Crippen LogP contribution < -0.4 is 0 Å². The number of hydrogen-bond donors (Lipinski definition) is 0. The van der Waals surface area contributed by atoms with Crippen molar-refractivity contribution in [3.05, 3.63) is 26.9 Å². The molecular weight excluding hydrogens is 303 g/mol. The molecule has 0 N–H and O–H groups in total. The molecule has 0 amide bonds. The van der Waals surface area contributed by atoms with Crippen LogP contribution in [0, 0.1) is 0 Å². The van der Waals surface area contributed by atoms with Gasteiger partial charge < -0.3 is 0 Å². The average molecular weight is 305 g/mol. The van der Waals surface area contributed by atoms with E-state index in [4.69, 9.17) is 0 Å². The maximum absolute atomic E-state index is 12.1. The quantitative estimate of drug-likeness (QED) is 0.667. The van der Waals surface area contributed by atoms with Gasteiger partial charge in [0.05, 0.1) is 5.56 Å². The van der Waals surface area contributed by atoms with Crippen molar-refractivity contribution in [1.29, 1.82) is 0 Å². The smallest absolute Gasteiger partial charge is 0.234 e. The number of aromatic nitrogens is 1. The minimum Gasteiger partial charge on any atom is -0.234 e. The molecule has 66 valence electrons. The molecule has 1 aromatic heterocycles. The summed E-state index contributed by atoms with van der Waals surface area (Å²) in [5, 5.41) is 0. The average Bonchev–Trinajstić information content (AvgIpc) is 1.82. The van der Waals surface area contributed by atoms with E-state index in [9.17, 15) is 13.2 Å². The minimum atomic E-state index is -4.33. The van der Waals surface area contributed by atoms with Crippen LogP contribution in [-0.2, 0) is 6.18 Å². The monoisotopic (exact) mass is 303 g/mol. The van der Waals surface area contributed by atoms with Gasteiger partial charge in [0, 0.05) is 0 Å². The van der Waals surface area contributed by atoms with Crippen molar-refractivity contribution >= 4 is 31.9 Å². The van der Waals surface area contributed by atoms with E-state index < -0.39 is 11.7 Å². The SMILES string of the molecule is FC(F)(F)c1cc(Br)nc(Br)c1. The van der Waals surface area contributed by atoms with Crippen LogP contribution >= 0.6 is 31.9 Å². The number of pyridine rings is 1. The third kappa shape index (κ3) is 2.45. The van der Waals surface area contributed by atoms with Crippen molar-refractivity contribution in [3.8, 4) is 0 Å². The van der Waals surface area contributed by atoms with Crippen molar-refractivity contribution in [3.63, 3.8) is 0 Å². The molecule has 0 aliphatic carbocycles. The summed E-state index contributed by atoms with van der Waals surface area (Å²) in [6, 6.07) is 1.84. The van der Waals surface area contributed by atoms with Crippen LogP contribution in [0.4, 0.5) is 13.2 Å². The van der Waals surface area contributed by atoms with Gasteiger partial charge >= 0.3 is 6.18 Å². The fourth-order valence-corrected chi connectivity index (χ4v) is 1.74. The zero-order valence-corrected chi connectivity index (χ0v) is 8.66. The Morgan fingerprint density at radius 2 is 1.50 bits per heavy atom. The van der Waals surface area contributed by atoms with Crippen LogP contribution in [0.25, 0.3) is 0 Å². The maximum atomic E-state index is 12.1. The van der Waals surface area contributed by atoms with Gasteiger partial charge in [0.2, 0.25) is 0 Å². The third-order valence-electron chi connectivity index (χ3n) is 1.09. The maximum Gasteiger partial charge on any atom is 0.416 e. The highest BCUT2D eigenvalue weighted by atomic mass is 79.9. The summed E-state index contributed by atoms with van der Waals surface area (Å²) in [6.45, 7) is 0. The molecule has 0 unspecified atom stereocenters. The van der Waals surface area contributed by atoms with E-state index in [1.807, 2.05) is 0 Å². The zero-order valence-electron chi connectivity index (χ0n) is 5.49. The van der Waals surface area contributed by atoms with Crippen molar-refractivity contribution < 1.29 is 13.2 Å². The molecule has 1 heterocycles. The lowest BCUT2D eigenvalue weighted by Gasteiger charge is -2.06. The van der Waals surface area contributed by atoms with Gasteiger partial charge in [0.25, 0.3) is 0 Å². The Labute approximate surface area is 83.2 Å². The van der Waals surface area contributed by atoms with Crippen molar-refractivity contribution in [2.24, 2.45) is 0 Å². The van der Waals surface area contributed by atoms with Crippen LogP contribution in [0.15, 0.2) is 21.3 Å². The molecule has 12 heavy (non-hydrogen) atoms. The summed E-state index contributed by atoms with van der Waals surface area (Å²) in [5.41, 5.74) is -0.726. The van der Waals surface area contributed by atoms with Gasteiger partial charge in [-0.2, -0.15) is 13.2 Å². The molecule has 6 heteroatoms. The summed E-state index contributed by atoms with van der Waals surface area (Å²) in [4.78, 5) is 3.68. The van der Waals surface area contributed by atoms with E-state index in [1.54, 1.807) is 0 Å². The Morgan fingerprint density at radius 3 is 1.83 bits per heavy atom. The molecule has 0 fully saturated rings. The van der Waals surface area contributed by atoms with Crippen LogP contribution in [0.3, 0.4) is 0 Å². The molecule has 1 aromatic rings. The van der Waals surface area contributed by atoms with E-state index in [0.717, 1.165) is 12.1 Å². The highest BCUT2D eigenvalue weighted by Gasteiger charge is 2.31. The summed E-state index contributed by atoms with van der Waals surface area (Å²) in [5.74, 6) is 0. The molecular formula is C6H2Br2F3N. The van der Waals surface area contributed by atoms with Crippen LogP contribution in [0.1, 0.15) is 5.56 Å². The molecule has 0 atom stereocenters. The van der Waals surface area contributed by atoms with E-state index in [0.29, 0.717) is 0 Å². The Bertz CT molecular complexity index is 277. The van der Waals surface area contributed by atoms with E-state index in [1.165, 1.54) is 0 Å². The van der Waals surface area contributed by atoms with Gasteiger partial charge in [0.15, 0.2) is 0 Å². The zero-order chi connectivity index (χ0) is 9.35. The van der Waals surface area contributed by atoms with Crippen molar-refractivity contribution in [2.45, 2.75) is 6.18 Å². The molecule has 0 saturated heterocycles. The summed E-state index contributed by atoms with van der Waals surface area (Å²) in [7, 11) is 0. The molecule has 0 aliphatic heterocycles. The number of halogens is 5. The molecule has 0 bridgehead atoms. The third-order valence-corrected chi connectivity index (χ3v) is 1.90. The van der Waals surface area contributed by atoms with Crippen LogP contribution in [0.2, 0.25) is 0 Å². The molecule has 0 aliphatic rings. The number of rotatable bonds is 0. The van der Waals surface area contributed by atoms with E-state index in [2.05, 4.69) is 36.8 Å². The van der Waals surface area contributed by atoms with Gasteiger partial charge in [-0.25, -0.2) is 4.98 Å². The highest BCUT2D eigenvalue weighted by Crippen LogP contribution is 2.31. The predicted octanol–water partition coefficient (Wildman–Crippen LogP) is 3.63. The first-order valence-corrected chi connectivity index (χ1v) is 4.38. The Balaban J connectivity index is 3.18. The van der Waals surface area contributed by atoms with Crippen molar-refractivity contribution in [1.82, 2.24) is 4.98 Å². The normalized spacial score (nSPS) is 11.8. The lowest BCUT2D eigenvalue weighted by molar-refractivity contribution is -0.137. The molecule has 0 spiro atoms. The lowest BCUT2D eigenvalue weighted by atomic mass is 10.3. The molecule has 0 aromatic carbocycles. The van der Waals surface area contributed by atoms with Gasteiger partial charge in [0.1, 0.15) is 9.21 Å². The van der Waals surface area contributed by atoms with Gasteiger partial charge in [-0.05, 0) is 44.0 Å². The lowest BCUT2D eigenvalue weighted by Crippen LogP contribution is -2.05. The van der Waals surface area contributed by atoms with Crippen LogP contribution in [-0.4, -0.2) is 4.98 Å². The Morgan fingerprint density at radius 1 is 1.08 bits per heavy atom. The number of nitrogens with zero attached hydrogens (tertiary/aromatic N) is 1. The molecule has 1 nitrogen and oxygen atoms in total. The van der Waals surface area contributed by atoms with Gasteiger partial charge in [-0.1, -0.05) is 0 Å². The fraction of sp³-hybridized carbons (Fsp3) is 0.167. The molecule has 1 rings (SSSR count). The molecule has 0 radical (unpaired) electrons. The summed E-state index contributed by atoms with van der Waals surface area (Å²) < 4.78 is 36.5.